The van der Waals surface area contributed by atoms with Crippen molar-refractivity contribution in [1.29, 1.82) is 0 Å². The van der Waals surface area contributed by atoms with Gasteiger partial charge in [0.25, 0.3) is 0 Å². The first-order chi connectivity index (χ1) is 18.6. The van der Waals surface area contributed by atoms with Crippen molar-refractivity contribution in [2.75, 3.05) is 26.4 Å². The van der Waals surface area contributed by atoms with Gasteiger partial charge in [0.2, 0.25) is 5.91 Å². The second-order valence-corrected chi connectivity index (χ2v) is 8.92. The lowest BCUT2D eigenvalue weighted by molar-refractivity contribution is -0.204. The van der Waals surface area contributed by atoms with Gasteiger partial charge in [-0.15, -0.1) is 0 Å². The van der Waals surface area contributed by atoms with Gasteiger partial charge in [0.1, 0.15) is 0 Å². The second kappa shape index (κ2) is 13.7. The summed E-state index contributed by atoms with van der Waals surface area (Å²) in [7, 11) is 0. The van der Waals surface area contributed by atoms with E-state index in [9.17, 15) is 24.0 Å². The predicted octanol–water partition coefficient (Wildman–Crippen LogP) is 3.19. The van der Waals surface area contributed by atoms with Gasteiger partial charge < -0.3 is 24.3 Å². The lowest BCUT2D eigenvalue weighted by atomic mass is 9.52. The van der Waals surface area contributed by atoms with Crippen molar-refractivity contribution in [3.05, 3.63) is 59.2 Å². The Morgan fingerprint density at radius 1 is 0.744 bits per heavy atom. The Balaban J connectivity index is 2.77. The number of amides is 1. The number of allylic oxidation sites excluding steroid dienone is 2. The van der Waals surface area contributed by atoms with Crippen molar-refractivity contribution in [3.63, 3.8) is 0 Å². The molecule has 10 nitrogen and oxygen atoms in total. The van der Waals surface area contributed by atoms with Crippen LogP contribution in [0.3, 0.4) is 0 Å². The Kier molecular flexibility index (Phi) is 11.0. The highest BCUT2D eigenvalue weighted by molar-refractivity contribution is 6.16. The zero-order valence-corrected chi connectivity index (χ0v) is 23.2. The van der Waals surface area contributed by atoms with Gasteiger partial charge in [-0.3, -0.25) is 24.0 Å². The lowest BCUT2D eigenvalue weighted by Crippen LogP contribution is -2.65. The molecule has 0 aromatic heterocycles. The van der Waals surface area contributed by atoms with Crippen LogP contribution in [0.15, 0.2) is 53.6 Å². The number of benzene rings is 1. The van der Waals surface area contributed by atoms with E-state index in [2.05, 4.69) is 11.9 Å². The van der Waals surface area contributed by atoms with Crippen LogP contribution in [-0.2, 0) is 49.5 Å². The Labute approximate surface area is 228 Å². The summed E-state index contributed by atoms with van der Waals surface area (Å²) in [6, 6.07) is 9.23. The summed E-state index contributed by atoms with van der Waals surface area (Å²) in [4.78, 5) is 67.9. The fraction of sp³-hybridized carbons (Fsp3) is 0.483. The van der Waals surface area contributed by atoms with E-state index in [1.54, 1.807) is 0 Å². The van der Waals surface area contributed by atoms with Crippen molar-refractivity contribution < 1.29 is 42.9 Å². The Morgan fingerprint density at radius 2 is 1.15 bits per heavy atom. The van der Waals surface area contributed by atoms with Gasteiger partial charge in [-0.05, 0) is 51.3 Å². The van der Waals surface area contributed by atoms with E-state index in [0.717, 1.165) is 5.56 Å². The number of nitrogens with one attached hydrogen (secondary N) is 1. The maximum atomic E-state index is 13.7. The van der Waals surface area contributed by atoms with Crippen molar-refractivity contribution in [1.82, 2.24) is 5.32 Å². The second-order valence-electron chi connectivity index (χ2n) is 8.92. The Morgan fingerprint density at radius 3 is 1.56 bits per heavy atom. The summed E-state index contributed by atoms with van der Waals surface area (Å²) in [5, 5.41) is 2.81. The van der Waals surface area contributed by atoms with Crippen LogP contribution in [0.5, 0.6) is 0 Å². The fourth-order valence-corrected chi connectivity index (χ4v) is 4.73. The molecule has 10 heteroatoms. The lowest BCUT2D eigenvalue weighted by Gasteiger charge is -2.47. The largest absolute Gasteiger partial charge is 0.465 e. The maximum Gasteiger partial charge on any atom is 0.325 e. The van der Waals surface area contributed by atoms with E-state index in [4.69, 9.17) is 18.9 Å². The molecule has 0 bridgehead atoms. The molecule has 0 atom stereocenters. The molecule has 1 aromatic carbocycles. The average Bonchev–Trinajstić information content (AvgIpc) is 2.92. The van der Waals surface area contributed by atoms with Crippen LogP contribution in [0.4, 0.5) is 0 Å². The highest BCUT2D eigenvalue weighted by Gasteiger charge is 2.75. The van der Waals surface area contributed by atoms with E-state index in [1.807, 2.05) is 30.3 Å². The third-order valence-corrected chi connectivity index (χ3v) is 6.66. The molecule has 0 aliphatic heterocycles. The minimum atomic E-state index is -2.53. The smallest absolute Gasteiger partial charge is 0.325 e. The van der Waals surface area contributed by atoms with Crippen molar-refractivity contribution in [2.45, 2.75) is 54.0 Å². The highest BCUT2D eigenvalue weighted by atomic mass is 16.6. The molecule has 212 valence electrons. The van der Waals surface area contributed by atoms with Crippen LogP contribution in [0, 0.1) is 10.8 Å². The van der Waals surface area contributed by atoms with Gasteiger partial charge >= 0.3 is 23.9 Å². The molecule has 39 heavy (non-hydrogen) atoms. The zero-order chi connectivity index (χ0) is 29.2. The van der Waals surface area contributed by atoms with Gasteiger partial charge in [-0.25, -0.2) is 0 Å². The fourth-order valence-electron chi connectivity index (χ4n) is 4.73. The first-order valence-corrected chi connectivity index (χ1v) is 13.0. The first-order valence-electron chi connectivity index (χ1n) is 13.0. The number of hydrogen-bond donors (Lipinski definition) is 1. The van der Waals surface area contributed by atoms with Crippen LogP contribution < -0.4 is 5.32 Å². The van der Waals surface area contributed by atoms with E-state index in [-0.39, 0.29) is 49.7 Å². The van der Waals surface area contributed by atoms with Gasteiger partial charge in [0.05, 0.1) is 26.4 Å². The van der Waals surface area contributed by atoms with Crippen molar-refractivity contribution in [3.8, 4) is 0 Å². The van der Waals surface area contributed by atoms with Crippen LogP contribution in [0.1, 0.15) is 53.0 Å². The van der Waals surface area contributed by atoms with Crippen molar-refractivity contribution >= 4 is 29.8 Å². The zero-order valence-electron chi connectivity index (χ0n) is 23.2. The molecule has 1 fully saturated rings. The monoisotopic (exact) mass is 543 g/mol. The molecule has 1 aliphatic carbocycles. The molecular formula is C29H37NO9. The Hall–Kier alpha value is -3.95. The standard InChI is InChI=1S/C29H37NO9/c1-7-36-24(32)28(25(33)37-8-2)16-19(5)22(17-29(28,26(34)38-9-3)27(35)39-10-4)20(6)23(31)30-18-21-14-12-11-13-15-21/h11-15H,5,7-10,16-18H2,1-4,6H3,(H,30,31)/b22-20+. The summed E-state index contributed by atoms with van der Waals surface area (Å²) in [6.07, 6.45) is -1.09. The molecule has 0 spiro atoms. The third kappa shape index (κ3) is 6.05. The van der Waals surface area contributed by atoms with Gasteiger partial charge in [-0.2, -0.15) is 0 Å². The molecule has 0 saturated heterocycles. The third-order valence-electron chi connectivity index (χ3n) is 6.66. The maximum absolute atomic E-state index is 13.7. The number of rotatable bonds is 11. The summed E-state index contributed by atoms with van der Waals surface area (Å²) in [5.41, 5.74) is -3.57. The molecular weight excluding hydrogens is 506 g/mol. The first kappa shape index (κ1) is 31.3. The van der Waals surface area contributed by atoms with Crippen molar-refractivity contribution in [2.24, 2.45) is 10.8 Å². The summed E-state index contributed by atoms with van der Waals surface area (Å²) in [6.45, 7) is 11.3. The predicted molar refractivity (Wildman–Crippen MR) is 141 cm³/mol. The molecule has 0 heterocycles. The van der Waals surface area contributed by atoms with E-state index in [0.29, 0.717) is 0 Å². The summed E-state index contributed by atoms with van der Waals surface area (Å²) >= 11 is 0. The quantitative estimate of drug-likeness (QED) is 0.193. The number of ether oxygens (including phenoxy) is 4. The van der Waals surface area contributed by atoms with E-state index < -0.39 is 53.5 Å². The number of carbonyl (C=O) groups excluding carboxylic acids is 5. The van der Waals surface area contributed by atoms with Gasteiger partial charge in [0.15, 0.2) is 10.8 Å². The van der Waals surface area contributed by atoms with E-state index >= 15 is 0 Å². The molecule has 0 unspecified atom stereocenters. The number of esters is 4. The van der Waals surface area contributed by atoms with Gasteiger partial charge in [0, 0.05) is 25.0 Å². The number of hydrogen-bond acceptors (Lipinski definition) is 9. The molecule has 1 saturated carbocycles. The molecule has 2 rings (SSSR count). The van der Waals surface area contributed by atoms with E-state index in [1.165, 1.54) is 34.6 Å². The molecule has 1 amide bonds. The average molecular weight is 544 g/mol. The molecule has 1 aromatic rings. The topological polar surface area (TPSA) is 134 Å². The Bertz CT molecular complexity index is 1100. The van der Waals surface area contributed by atoms with Crippen LogP contribution >= 0.6 is 0 Å². The van der Waals surface area contributed by atoms with Crippen LogP contribution in [0.25, 0.3) is 0 Å². The normalized spacial score (nSPS) is 16.9. The minimum Gasteiger partial charge on any atom is -0.465 e. The minimum absolute atomic E-state index is 0.141. The van der Waals surface area contributed by atoms with Gasteiger partial charge in [-0.1, -0.05) is 36.9 Å². The summed E-state index contributed by atoms with van der Waals surface area (Å²) in [5.74, 6) is -5.08. The molecule has 0 radical (unpaired) electrons. The SMILES string of the molecule is C=C1CC(C(=O)OCC)(C(=O)OCC)C(C(=O)OCC)(C(=O)OCC)C/C1=C(/C)C(=O)NCc1ccccc1. The van der Waals surface area contributed by atoms with Crippen LogP contribution in [0.2, 0.25) is 0 Å². The van der Waals surface area contributed by atoms with Crippen LogP contribution in [-0.4, -0.2) is 56.2 Å². The molecule has 1 aliphatic rings. The molecule has 1 N–H and O–H groups in total. The number of carbonyl (C=O) groups is 5. The summed E-state index contributed by atoms with van der Waals surface area (Å²) < 4.78 is 21.1. The highest BCUT2D eigenvalue weighted by Crippen LogP contribution is 2.57.